The normalized spacial score (nSPS) is 6.67. The minimum atomic E-state index is -0.199. The van der Waals surface area contributed by atoms with Crippen molar-refractivity contribution >= 4 is 35.5 Å². The average molecular weight is 136 g/mol. The van der Waals surface area contributed by atoms with Crippen LogP contribution in [-0.2, 0) is 4.79 Å². The second-order valence-electron chi connectivity index (χ2n) is 1.29. The molecule has 0 fully saturated rings. The van der Waals surface area contributed by atoms with Crippen molar-refractivity contribution in [3.05, 3.63) is 0 Å². The summed E-state index contributed by atoms with van der Waals surface area (Å²) in [5.41, 5.74) is 0. The van der Waals surface area contributed by atoms with Gasteiger partial charge in [0, 0.05) is 6.54 Å². The van der Waals surface area contributed by atoms with Gasteiger partial charge in [-0.3, -0.25) is 4.79 Å². The van der Waals surface area contributed by atoms with Crippen LogP contribution in [0, 0.1) is 11.3 Å². The van der Waals surface area contributed by atoms with E-state index < -0.39 is 0 Å². The summed E-state index contributed by atoms with van der Waals surface area (Å²) in [5.74, 6) is -0.199. The number of rotatable bonds is 2. The molecule has 0 bridgehead atoms. The molecular formula is C5H9N2NaO. The van der Waals surface area contributed by atoms with E-state index in [1.165, 1.54) is 0 Å². The van der Waals surface area contributed by atoms with Crippen LogP contribution in [0.5, 0.6) is 0 Å². The quantitative estimate of drug-likeness (QED) is 0.515. The van der Waals surface area contributed by atoms with Gasteiger partial charge in [0.15, 0.2) is 0 Å². The summed E-state index contributed by atoms with van der Waals surface area (Å²) in [6, 6.07) is 1.74. The molecule has 1 N–H and O–H groups in total. The SMILES string of the molecule is CCNC(=O)CC#N.[NaH]. The fourth-order valence-corrected chi connectivity index (χ4v) is 0.331. The van der Waals surface area contributed by atoms with E-state index in [0.29, 0.717) is 6.54 Å². The molecular weight excluding hydrogens is 127 g/mol. The standard InChI is InChI=1S/C5H8N2O.Na.H/c1-2-7-5(8)3-4-6;;/h2-3H2,1H3,(H,7,8);;. The Morgan fingerprint density at radius 3 is 2.67 bits per heavy atom. The molecule has 0 aliphatic carbocycles. The Morgan fingerprint density at radius 1 is 1.78 bits per heavy atom. The van der Waals surface area contributed by atoms with E-state index >= 15 is 0 Å². The molecule has 0 rings (SSSR count). The van der Waals surface area contributed by atoms with E-state index in [-0.39, 0.29) is 41.9 Å². The van der Waals surface area contributed by atoms with E-state index in [1.807, 2.05) is 6.92 Å². The van der Waals surface area contributed by atoms with Crippen LogP contribution in [0.3, 0.4) is 0 Å². The first-order valence-electron chi connectivity index (χ1n) is 2.45. The second kappa shape index (κ2) is 7.96. The molecule has 0 heterocycles. The number of nitrogens with zero attached hydrogens (tertiary/aromatic N) is 1. The van der Waals surface area contributed by atoms with Crippen molar-refractivity contribution in [2.75, 3.05) is 6.54 Å². The fraction of sp³-hybridized carbons (Fsp3) is 0.600. The molecule has 0 aromatic rings. The maximum atomic E-state index is 10.3. The number of hydrogen-bond donors (Lipinski definition) is 1. The molecule has 4 heteroatoms. The monoisotopic (exact) mass is 136 g/mol. The van der Waals surface area contributed by atoms with Crippen LogP contribution in [0.2, 0.25) is 0 Å². The van der Waals surface area contributed by atoms with Gasteiger partial charge >= 0.3 is 29.6 Å². The van der Waals surface area contributed by atoms with Crippen LogP contribution in [0.25, 0.3) is 0 Å². The Labute approximate surface area is 76.7 Å². The molecule has 0 spiro atoms. The van der Waals surface area contributed by atoms with E-state index in [2.05, 4.69) is 5.32 Å². The van der Waals surface area contributed by atoms with Crippen LogP contribution in [-0.4, -0.2) is 42.0 Å². The third-order valence-corrected chi connectivity index (χ3v) is 0.614. The van der Waals surface area contributed by atoms with Gasteiger partial charge in [-0.15, -0.1) is 0 Å². The van der Waals surface area contributed by atoms with Gasteiger partial charge in [-0.2, -0.15) is 5.26 Å². The number of carbonyl (C=O) groups is 1. The van der Waals surface area contributed by atoms with Crippen LogP contribution in [0.1, 0.15) is 13.3 Å². The molecule has 0 saturated heterocycles. The minimum absolute atomic E-state index is 0. The van der Waals surface area contributed by atoms with Gasteiger partial charge in [-0.1, -0.05) is 0 Å². The van der Waals surface area contributed by atoms with Gasteiger partial charge in [0.05, 0.1) is 6.07 Å². The molecule has 9 heavy (non-hydrogen) atoms. The third-order valence-electron chi connectivity index (χ3n) is 0.614. The summed E-state index contributed by atoms with van der Waals surface area (Å²) in [5, 5.41) is 10.4. The molecule has 0 saturated carbocycles. The first-order chi connectivity index (χ1) is 3.81. The van der Waals surface area contributed by atoms with Gasteiger partial charge in [0.2, 0.25) is 5.91 Å². The van der Waals surface area contributed by atoms with Gasteiger partial charge in [-0.05, 0) is 6.92 Å². The van der Waals surface area contributed by atoms with E-state index in [1.54, 1.807) is 6.07 Å². The van der Waals surface area contributed by atoms with Gasteiger partial charge in [0.25, 0.3) is 0 Å². The summed E-state index contributed by atoms with van der Waals surface area (Å²) in [7, 11) is 0. The van der Waals surface area contributed by atoms with Crippen LogP contribution < -0.4 is 5.32 Å². The average Bonchev–Trinajstić information content (AvgIpc) is 1.68. The van der Waals surface area contributed by atoms with E-state index in [9.17, 15) is 4.79 Å². The molecule has 46 valence electrons. The molecule has 0 aliphatic heterocycles. The summed E-state index contributed by atoms with van der Waals surface area (Å²) >= 11 is 0. The predicted octanol–water partition coefficient (Wildman–Crippen LogP) is -0.612. The number of hydrogen-bond acceptors (Lipinski definition) is 2. The fourth-order valence-electron chi connectivity index (χ4n) is 0.331. The zero-order valence-corrected chi connectivity index (χ0v) is 4.77. The summed E-state index contributed by atoms with van der Waals surface area (Å²) in [4.78, 5) is 10.3. The van der Waals surface area contributed by atoms with Gasteiger partial charge in [-0.25, -0.2) is 0 Å². The van der Waals surface area contributed by atoms with E-state index in [4.69, 9.17) is 5.26 Å². The Balaban J connectivity index is 0. The number of carbonyl (C=O) groups excluding carboxylic acids is 1. The van der Waals surface area contributed by atoms with Gasteiger partial charge < -0.3 is 5.32 Å². The Hall–Kier alpha value is -0.0400. The van der Waals surface area contributed by atoms with Crippen molar-refractivity contribution < 1.29 is 4.79 Å². The van der Waals surface area contributed by atoms with Crippen molar-refractivity contribution in [1.82, 2.24) is 5.32 Å². The third kappa shape index (κ3) is 7.96. The molecule has 0 aromatic carbocycles. The van der Waals surface area contributed by atoms with E-state index in [0.717, 1.165) is 0 Å². The molecule has 0 radical (unpaired) electrons. The van der Waals surface area contributed by atoms with Crippen LogP contribution in [0.4, 0.5) is 0 Å². The topological polar surface area (TPSA) is 52.9 Å². The molecule has 0 atom stereocenters. The number of amides is 1. The zero-order valence-electron chi connectivity index (χ0n) is 4.77. The van der Waals surface area contributed by atoms with Crippen molar-refractivity contribution in [1.29, 1.82) is 5.26 Å². The van der Waals surface area contributed by atoms with Crippen molar-refractivity contribution in [3.63, 3.8) is 0 Å². The first-order valence-corrected chi connectivity index (χ1v) is 2.45. The molecule has 0 unspecified atom stereocenters. The van der Waals surface area contributed by atoms with Crippen molar-refractivity contribution in [2.45, 2.75) is 13.3 Å². The van der Waals surface area contributed by atoms with Crippen LogP contribution in [0.15, 0.2) is 0 Å². The summed E-state index contributed by atoms with van der Waals surface area (Å²) in [6.07, 6.45) is -0.0339. The van der Waals surface area contributed by atoms with Crippen molar-refractivity contribution in [2.24, 2.45) is 0 Å². The summed E-state index contributed by atoms with van der Waals surface area (Å²) in [6.45, 7) is 2.41. The number of nitriles is 1. The summed E-state index contributed by atoms with van der Waals surface area (Å²) < 4.78 is 0. The Kier molecular flexibility index (Phi) is 10.4. The second-order valence-corrected chi connectivity index (χ2v) is 1.29. The van der Waals surface area contributed by atoms with Crippen LogP contribution >= 0.6 is 0 Å². The molecule has 1 amide bonds. The first kappa shape index (κ1) is 11.7. The Morgan fingerprint density at radius 2 is 2.33 bits per heavy atom. The van der Waals surface area contributed by atoms with Gasteiger partial charge in [0.1, 0.15) is 6.42 Å². The molecule has 0 aromatic heterocycles. The molecule has 3 nitrogen and oxygen atoms in total. The zero-order chi connectivity index (χ0) is 6.41. The van der Waals surface area contributed by atoms with Crippen molar-refractivity contribution in [3.8, 4) is 6.07 Å². The Bertz CT molecular complexity index is 119. The molecule has 0 aliphatic rings. The maximum absolute atomic E-state index is 10.3. The number of nitrogens with one attached hydrogen (secondary N) is 1. The predicted molar refractivity (Wildman–Crippen MR) is 36.1 cm³/mol.